The minimum atomic E-state index is 0.398. The van der Waals surface area contributed by atoms with Crippen molar-refractivity contribution < 1.29 is 0 Å². The lowest BCUT2D eigenvalue weighted by Crippen LogP contribution is -1.88. The molecule has 1 atom stereocenters. The molecule has 0 aliphatic heterocycles. The topological polar surface area (TPSA) is 12.9 Å². The van der Waals surface area contributed by atoms with E-state index in [1.807, 2.05) is 18.2 Å². The predicted octanol–water partition coefficient (Wildman–Crippen LogP) is 4.59. The number of pyridine rings is 1. The minimum Gasteiger partial charge on any atom is -0.248 e. The molecule has 1 aromatic heterocycles. The Kier molecular flexibility index (Phi) is 3.86. The second-order valence-corrected chi connectivity index (χ2v) is 5.28. The maximum Gasteiger partial charge on any atom is 0.0966 e. The SMILES string of the molecule is CC(Sc1ccc(Cl)cn1)c1ccccc1. The first-order valence-corrected chi connectivity index (χ1v) is 6.34. The lowest BCUT2D eigenvalue weighted by atomic mass is 10.2. The Morgan fingerprint density at radius 2 is 1.88 bits per heavy atom. The van der Waals surface area contributed by atoms with E-state index in [0.717, 1.165) is 5.03 Å². The molecule has 0 amide bonds. The molecule has 0 saturated heterocycles. The van der Waals surface area contributed by atoms with Gasteiger partial charge in [0.05, 0.1) is 10.0 Å². The molecule has 0 aliphatic rings. The van der Waals surface area contributed by atoms with Crippen LogP contribution in [0.4, 0.5) is 0 Å². The standard InChI is InChI=1S/C13H12ClNS/c1-10(11-5-3-2-4-6-11)16-13-8-7-12(14)9-15-13/h2-10H,1H3. The Morgan fingerprint density at radius 1 is 1.12 bits per heavy atom. The molecule has 0 aliphatic carbocycles. The van der Waals surface area contributed by atoms with Crippen molar-refractivity contribution in [1.82, 2.24) is 4.98 Å². The van der Waals surface area contributed by atoms with E-state index in [1.165, 1.54) is 5.56 Å². The third kappa shape index (κ3) is 3.00. The number of nitrogens with zero attached hydrogens (tertiary/aromatic N) is 1. The van der Waals surface area contributed by atoms with E-state index >= 15 is 0 Å². The molecule has 0 N–H and O–H groups in total. The minimum absolute atomic E-state index is 0.398. The van der Waals surface area contributed by atoms with Crippen LogP contribution in [0.2, 0.25) is 5.02 Å². The molecule has 0 fully saturated rings. The lowest BCUT2D eigenvalue weighted by Gasteiger charge is -2.10. The monoisotopic (exact) mass is 249 g/mol. The van der Waals surface area contributed by atoms with Gasteiger partial charge in [0.1, 0.15) is 0 Å². The summed E-state index contributed by atoms with van der Waals surface area (Å²) in [5.74, 6) is 0. The second-order valence-electron chi connectivity index (χ2n) is 3.49. The van der Waals surface area contributed by atoms with Gasteiger partial charge in [-0.3, -0.25) is 0 Å². The van der Waals surface area contributed by atoms with Crippen molar-refractivity contribution in [2.45, 2.75) is 17.2 Å². The molecule has 2 aromatic rings. The Hall–Kier alpha value is -0.990. The first kappa shape index (κ1) is 11.5. The number of halogens is 1. The van der Waals surface area contributed by atoms with Crippen LogP contribution in [0, 0.1) is 0 Å². The maximum absolute atomic E-state index is 5.79. The molecule has 0 radical (unpaired) electrons. The summed E-state index contributed by atoms with van der Waals surface area (Å²) in [6.45, 7) is 2.18. The van der Waals surface area contributed by atoms with E-state index in [9.17, 15) is 0 Å². The summed E-state index contributed by atoms with van der Waals surface area (Å²) < 4.78 is 0. The molecule has 1 unspecified atom stereocenters. The van der Waals surface area contributed by atoms with E-state index in [0.29, 0.717) is 10.3 Å². The normalized spacial score (nSPS) is 12.4. The van der Waals surface area contributed by atoms with Gasteiger partial charge in [0, 0.05) is 11.4 Å². The molecule has 2 rings (SSSR count). The zero-order chi connectivity index (χ0) is 11.4. The summed E-state index contributed by atoms with van der Waals surface area (Å²) in [6, 6.07) is 14.2. The summed E-state index contributed by atoms with van der Waals surface area (Å²) in [5, 5.41) is 2.08. The fraction of sp³-hybridized carbons (Fsp3) is 0.154. The molecule has 16 heavy (non-hydrogen) atoms. The van der Waals surface area contributed by atoms with Crippen LogP contribution in [-0.4, -0.2) is 4.98 Å². The Bertz CT molecular complexity index is 441. The highest BCUT2D eigenvalue weighted by Gasteiger charge is 2.07. The molecule has 0 saturated carbocycles. The van der Waals surface area contributed by atoms with Gasteiger partial charge in [0.15, 0.2) is 0 Å². The van der Waals surface area contributed by atoms with E-state index in [1.54, 1.807) is 18.0 Å². The second kappa shape index (κ2) is 5.37. The first-order chi connectivity index (χ1) is 7.75. The Balaban J connectivity index is 2.08. The highest BCUT2D eigenvalue weighted by Crippen LogP contribution is 2.33. The van der Waals surface area contributed by atoms with E-state index in [2.05, 4.69) is 36.2 Å². The fourth-order valence-electron chi connectivity index (χ4n) is 1.41. The van der Waals surface area contributed by atoms with Gasteiger partial charge in [-0.2, -0.15) is 0 Å². The molecule has 0 bridgehead atoms. The van der Waals surface area contributed by atoms with Crippen LogP contribution < -0.4 is 0 Å². The van der Waals surface area contributed by atoms with Crippen LogP contribution in [0.5, 0.6) is 0 Å². The summed E-state index contributed by atoms with van der Waals surface area (Å²) in [6.07, 6.45) is 1.68. The van der Waals surface area contributed by atoms with Crippen molar-refractivity contribution in [3.8, 4) is 0 Å². The zero-order valence-corrected chi connectivity index (χ0v) is 10.5. The molecule has 3 heteroatoms. The average Bonchev–Trinajstić information content (AvgIpc) is 2.33. The van der Waals surface area contributed by atoms with Crippen molar-refractivity contribution >= 4 is 23.4 Å². The van der Waals surface area contributed by atoms with Crippen LogP contribution in [0.25, 0.3) is 0 Å². The van der Waals surface area contributed by atoms with Gasteiger partial charge in [0.25, 0.3) is 0 Å². The third-order valence-electron chi connectivity index (χ3n) is 2.27. The third-order valence-corrected chi connectivity index (χ3v) is 3.60. The number of thioether (sulfide) groups is 1. The smallest absolute Gasteiger partial charge is 0.0966 e. The summed E-state index contributed by atoms with van der Waals surface area (Å²) in [7, 11) is 0. The Labute approximate surface area is 105 Å². The van der Waals surface area contributed by atoms with E-state index in [-0.39, 0.29) is 0 Å². The van der Waals surface area contributed by atoms with Crippen LogP contribution in [-0.2, 0) is 0 Å². The van der Waals surface area contributed by atoms with Gasteiger partial charge in [-0.05, 0) is 24.6 Å². The van der Waals surface area contributed by atoms with Gasteiger partial charge in [0.2, 0.25) is 0 Å². The van der Waals surface area contributed by atoms with Gasteiger partial charge in [-0.1, -0.05) is 53.7 Å². The Morgan fingerprint density at radius 3 is 2.50 bits per heavy atom. The van der Waals surface area contributed by atoms with Crippen LogP contribution in [0.15, 0.2) is 53.7 Å². The maximum atomic E-state index is 5.79. The van der Waals surface area contributed by atoms with Crippen molar-refractivity contribution in [2.75, 3.05) is 0 Å². The van der Waals surface area contributed by atoms with Gasteiger partial charge >= 0.3 is 0 Å². The molecule has 1 heterocycles. The van der Waals surface area contributed by atoms with Crippen LogP contribution >= 0.6 is 23.4 Å². The van der Waals surface area contributed by atoms with Crippen molar-refractivity contribution in [1.29, 1.82) is 0 Å². The summed E-state index contributed by atoms with van der Waals surface area (Å²) in [4.78, 5) is 4.27. The summed E-state index contributed by atoms with van der Waals surface area (Å²) in [5.41, 5.74) is 1.31. The predicted molar refractivity (Wildman–Crippen MR) is 70.0 cm³/mol. The molecule has 1 nitrogen and oxygen atoms in total. The number of rotatable bonds is 3. The van der Waals surface area contributed by atoms with Gasteiger partial charge in [-0.25, -0.2) is 4.98 Å². The quantitative estimate of drug-likeness (QED) is 0.738. The molecular weight excluding hydrogens is 238 g/mol. The first-order valence-electron chi connectivity index (χ1n) is 5.09. The number of hydrogen-bond acceptors (Lipinski definition) is 2. The zero-order valence-electron chi connectivity index (χ0n) is 8.93. The molecular formula is C13H12ClNS. The van der Waals surface area contributed by atoms with Crippen molar-refractivity contribution in [3.05, 3.63) is 59.2 Å². The number of hydrogen-bond donors (Lipinski definition) is 0. The highest BCUT2D eigenvalue weighted by atomic mass is 35.5. The van der Waals surface area contributed by atoms with Crippen molar-refractivity contribution in [2.24, 2.45) is 0 Å². The summed E-state index contributed by atoms with van der Waals surface area (Å²) >= 11 is 7.53. The molecule has 1 aromatic carbocycles. The fourth-order valence-corrected chi connectivity index (χ4v) is 2.43. The highest BCUT2D eigenvalue weighted by molar-refractivity contribution is 7.99. The van der Waals surface area contributed by atoms with Crippen LogP contribution in [0.3, 0.4) is 0 Å². The van der Waals surface area contributed by atoms with E-state index in [4.69, 9.17) is 11.6 Å². The van der Waals surface area contributed by atoms with Crippen molar-refractivity contribution in [3.63, 3.8) is 0 Å². The largest absolute Gasteiger partial charge is 0.248 e. The number of benzene rings is 1. The van der Waals surface area contributed by atoms with E-state index < -0.39 is 0 Å². The van der Waals surface area contributed by atoms with Crippen LogP contribution in [0.1, 0.15) is 17.7 Å². The average molecular weight is 250 g/mol. The number of aromatic nitrogens is 1. The lowest BCUT2D eigenvalue weighted by molar-refractivity contribution is 1.06. The van der Waals surface area contributed by atoms with Gasteiger partial charge in [-0.15, -0.1) is 0 Å². The molecule has 82 valence electrons. The van der Waals surface area contributed by atoms with Gasteiger partial charge < -0.3 is 0 Å². The molecule has 0 spiro atoms.